The van der Waals surface area contributed by atoms with Gasteiger partial charge in [-0.25, -0.2) is 4.79 Å². The number of carboxylic acid groups (broad SMARTS) is 1. The van der Waals surface area contributed by atoms with E-state index >= 15 is 0 Å². The first-order chi connectivity index (χ1) is 12.0. The molecule has 2 N–H and O–H groups in total. The van der Waals surface area contributed by atoms with E-state index < -0.39 is 5.97 Å². The fourth-order valence-electron chi connectivity index (χ4n) is 3.12. The van der Waals surface area contributed by atoms with Crippen molar-refractivity contribution >= 4 is 17.6 Å². The second-order valence-corrected chi connectivity index (χ2v) is 6.30. The molecule has 5 nitrogen and oxygen atoms in total. The summed E-state index contributed by atoms with van der Waals surface area (Å²) in [4.78, 5) is 23.0. The van der Waals surface area contributed by atoms with Crippen LogP contribution in [0.5, 0.6) is 0 Å². The normalized spacial score (nSPS) is 15.6. The molecule has 0 radical (unpaired) electrons. The lowest BCUT2D eigenvalue weighted by molar-refractivity contribution is -0.116. The molecule has 1 aliphatic rings. The molecular weight excluding hydrogens is 318 g/mol. The van der Waals surface area contributed by atoms with Gasteiger partial charge in [0.1, 0.15) is 0 Å². The van der Waals surface area contributed by atoms with Crippen molar-refractivity contribution in [2.75, 3.05) is 12.4 Å². The Balaban J connectivity index is 1.54. The molecule has 5 heteroatoms. The average molecular weight is 339 g/mol. The zero-order valence-electron chi connectivity index (χ0n) is 14.1. The van der Waals surface area contributed by atoms with E-state index in [0.717, 1.165) is 24.1 Å². The van der Waals surface area contributed by atoms with Gasteiger partial charge in [0.2, 0.25) is 5.91 Å². The maximum absolute atomic E-state index is 12.2. The maximum atomic E-state index is 12.2. The SMILES string of the molecule is COC1Cc2ccc(NC(=O)CCc3ccc(C(=O)O)cc3)cc2C1. The van der Waals surface area contributed by atoms with Gasteiger partial charge in [0.25, 0.3) is 0 Å². The van der Waals surface area contributed by atoms with Crippen LogP contribution >= 0.6 is 0 Å². The van der Waals surface area contributed by atoms with E-state index in [2.05, 4.69) is 11.4 Å². The molecule has 2 aromatic rings. The van der Waals surface area contributed by atoms with Gasteiger partial charge in [-0.2, -0.15) is 0 Å². The van der Waals surface area contributed by atoms with E-state index in [1.54, 1.807) is 31.4 Å². The molecule has 25 heavy (non-hydrogen) atoms. The predicted octanol–water partition coefficient (Wildman–Crippen LogP) is 3.07. The Bertz CT molecular complexity index is 783. The molecule has 1 amide bonds. The van der Waals surface area contributed by atoms with Crippen LogP contribution in [-0.4, -0.2) is 30.2 Å². The molecule has 0 saturated heterocycles. The van der Waals surface area contributed by atoms with Crippen molar-refractivity contribution < 1.29 is 19.4 Å². The van der Waals surface area contributed by atoms with Crippen molar-refractivity contribution in [1.82, 2.24) is 0 Å². The molecule has 0 bridgehead atoms. The van der Waals surface area contributed by atoms with Gasteiger partial charge in [0, 0.05) is 19.2 Å². The smallest absolute Gasteiger partial charge is 0.335 e. The van der Waals surface area contributed by atoms with Crippen molar-refractivity contribution in [2.45, 2.75) is 31.8 Å². The first kappa shape index (κ1) is 17.2. The first-order valence-corrected chi connectivity index (χ1v) is 8.32. The Hall–Kier alpha value is -2.66. The van der Waals surface area contributed by atoms with Crippen LogP contribution < -0.4 is 5.32 Å². The van der Waals surface area contributed by atoms with Crippen molar-refractivity contribution in [3.63, 3.8) is 0 Å². The van der Waals surface area contributed by atoms with E-state index in [4.69, 9.17) is 9.84 Å². The number of aromatic carboxylic acids is 1. The summed E-state index contributed by atoms with van der Waals surface area (Å²) in [6.45, 7) is 0. The van der Waals surface area contributed by atoms with Crippen LogP contribution in [0.1, 0.15) is 33.5 Å². The first-order valence-electron chi connectivity index (χ1n) is 8.32. The molecule has 1 unspecified atom stereocenters. The molecule has 0 saturated carbocycles. The number of aryl methyl sites for hydroxylation is 1. The Morgan fingerprint density at radius 3 is 2.52 bits per heavy atom. The van der Waals surface area contributed by atoms with Crippen molar-refractivity contribution in [1.29, 1.82) is 0 Å². The van der Waals surface area contributed by atoms with Crippen LogP contribution in [0, 0.1) is 0 Å². The fourth-order valence-corrected chi connectivity index (χ4v) is 3.12. The van der Waals surface area contributed by atoms with Gasteiger partial charge in [-0.05, 0) is 60.2 Å². The highest BCUT2D eigenvalue weighted by molar-refractivity contribution is 5.91. The van der Waals surface area contributed by atoms with Crippen LogP contribution in [-0.2, 0) is 28.8 Å². The Morgan fingerprint density at radius 2 is 1.84 bits per heavy atom. The van der Waals surface area contributed by atoms with Crippen LogP contribution in [0.4, 0.5) is 5.69 Å². The topological polar surface area (TPSA) is 75.6 Å². The summed E-state index contributed by atoms with van der Waals surface area (Å²) in [5.74, 6) is -1.000. The van der Waals surface area contributed by atoms with Gasteiger partial charge in [-0.3, -0.25) is 4.79 Å². The Labute approximate surface area is 146 Å². The number of ether oxygens (including phenoxy) is 1. The summed E-state index contributed by atoms with van der Waals surface area (Å²) in [6.07, 6.45) is 2.96. The summed E-state index contributed by atoms with van der Waals surface area (Å²) in [7, 11) is 1.72. The van der Waals surface area contributed by atoms with Crippen LogP contribution in [0.3, 0.4) is 0 Å². The Kier molecular flexibility index (Phi) is 5.14. The van der Waals surface area contributed by atoms with Gasteiger partial charge < -0.3 is 15.2 Å². The minimum absolute atomic E-state index is 0.0523. The summed E-state index contributed by atoms with van der Waals surface area (Å²) in [5.41, 5.74) is 4.51. The Morgan fingerprint density at radius 1 is 1.12 bits per heavy atom. The van der Waals surface area contributed by atoms with Gasteiger partial charge >= 0.3 is 5.97 Å². The molecule has 0 aliphatic heterocycles. The number of fused-ring (bicyclic) bond motifs is 1. The second kappa shape index (κ2) is 7.49. The lowest BCUT2D eigenvalue weighted by Gasteiger charge is -2.08. The molecule has 0 heterocycles. The molecule has 0 spiro atoms. The number of carboxylic acids is 1. The van der Waals surface area contributed by atoms with Gasteiger partial charge in [-0.15, -0.1) is 0 Å². The van der Waals surface area contributed by atoms with Gasteiger partial charge in [0.05, 0.1) is 11.7 Å². The maximum Gasteiger partial charge on any atom is 0.335 e. The minimum atomic E-state index is -0.948. The van der Waals surface area contributed by atoms with Crippen LogP contribution in [0.15, 0.2) is 42.5 Å². The number of methoxy groups -OCH3 is 1. The third-order valence-electron chi connectivity index (χ3n) is 4.56. The van der Waals surface area contributed by atoms with E-state index in [-0.39, 0.29) is 17.6 Å². The van der Waals surface area contributed by atoms with Crippen molar-refractivity contribution in [3.8, 4) is 0 Å². The highest BCUT2D eigenvalue weighted by atomic mass is 16.5. The number of hydrogen-bond acceptors (Lipinski definition) is 3. The standard InChI is InChI=1S/C20H21NO4/c1-25-18-11-15-7-8-17(10-16(15)12-18)21-19(22)9-4-13-2-5-14(6-3-13)20(23)24/h2-3,5-8,10,18H,4,9,11-12H2,1H3,(H,21,22)(H,23,24). The second-order valence-electron chi connectivity index (χ2n) is 6.30. The number of amides is 1. The van der Waals surface area contributed by atoms with Gasteiger partial charge in [-0.1, -0.05) is 18.2 Å². The van der Waals surface area contributed by atoms with Crippen molar-refractivity contribution in [3.05, 3.63) is 64.7 Å². The number of rotatable bonds is 6. The number of carbonyl (C=O) groups is 2. The van der Waals surface area contributed by atoms with Crippen LogP contribution in [0.25, 0.3) is 0 Å². The van der Waals surface area contributed by atoms with E-state index in [9.17, 15) is 9.59 Å². The van der Waals surface area contributed by atoms with E-state index in [1.807, 2.05) is 12.1 Å². The molecule has 2 aromatic carbocycles. The number of carbonyl (C=O) groups excluding carboxylic acids is 1. The number of hydrogen-bond donors (Lipinski definition) is 2. The highest BCUT2D eigenvalue weighted by Crippen LogP contribution is 2.26. The third-order valence-corrected chi connectivity index (χ3v) is 4.56. The number of benzene rings is 2. The lowest BCUT2D eigenvalue weighted by Crippen LogP contribution is -2.12. The molecule has 0 aromatic heterocycles. The molecule has 130 valence electrons. The molecule has 3 rings (SSSR count). The fraction of sp³-hybridized carbons (Fsp3) is 0.300. The predicted molar refractivity (Wildman–Crippen MR) is 95.0 cm³/mol. The summed E-state index contributed by atoms with van der Waals surface area (Å²) in [6, 6.07) is 12.6. The van der Waals surface area contributed by atoms with Crippen molar-refractivity contribution in [2.24, 2.45) is 0 Å². The van der Waals surface area contributed by atoms with E-state index in [0.29, 0.717) is 12.8 Å². The molecule has 1 atom stereocenters. The number of nitrogens with one attached hydrogen (secondary N) is 1. The average Bonchev–Trinajstić information content (AvgIpc) is 3.02. The quantitative estimate of drug-likeness (QED) is 0.848. The number of anilines is 1. The van der Waals surface area contributed by atoms with Crippen LogP contribution in [0.2, 0.25) is 0 Å². The molecule has 1 aliphatic carbocycles. The summed E-state index contributed by atoms with van der Waals surface area (Å²) < 4.78 is 5.40. The zero-order valence-corrected chi connectivity index (χ0v) is 14.1. The summed E-state index contributed by atoms with van der Waals surface area (Å²) in [5, 5.41) is 11.8. The highest BCUT2D eigenvalue weighted by Gasteiger charge is 2.21. The lowest BCUT2D eigenvalue weighted by atomic mass is 10.1. The molecule has 0 fully saturated rings. The van der Waals surface area contributed by atoms with Gasteiger partial charge in [0.15, 0.2) is 0 Å². The third kappa shape index (κ3) is 4.25. The monoisotopic (exact) mass is 339 g/mol. The van der Waals surface area contributed by atoms with E-state index in [1.165, 1.54) is 11.1 Å². The minimum Gasteiger partial charge on any atom is -0.478 e. The summed E-state index contributed by atoms with van der Waals surface area (Å²) >= 11 is 0. The molecular formula is C20H21NO4. The zero-order chi connectivity index (χ0) is 17.8. The largest absolute Gasteiger partial charge is 0.478 e.